The second kappa shape index (κ2) is 10.1. The lowest BCUT2D eigenvalue weighted by Gasteiger charge is -2.20. The van der Waals surface area contributed by atoms with Gasteiger partial charge in [-0.15, -0.1) is 0 Å². The number of carbonyl (C=O) groups excluding carboxylic acids is 2. The van der Waals surface area contributed by atoms with Crippen molar-refractivity contribution in [1.82, 2.24) is 15.1 Å². The molecule has 166 valence electrons. The molecular formula is C25H29N5O2. The molecule has 1 unspecified atom stereocenters. The topological polar surface area (TPSA) is 79.3 Å². The first-order chi connectivity index (χ1) is 15.6. The van der Waals surface area contributed by atoms with Gasteiger partial charge in [0.2, 0.25) is 5.91 Å². The Morgan fingerprint density at radius 3 is 2.50 bits per heavy atom. The number of rotatable bonds is 8. The van der Waals surface area contributed by atoms with E-state index in [4.69, 9.17) is 0 Å². The summed E-state index contributed by atoms with van der Waals surface area (Å²) in [5.74, 6) is -0.469. The van der Waals surface area contributed by atoms with E-state index < -0.39 is 6.04 Å². The molecule has 1 fully saturated rings. The number of amides is 2. The zero-order valence-electron chi connectivity index (χ0n) is 18.3. The number of hydrogen-bond acceptors (Lipinski definition) is 4. The van der Waals surface area contributed by atoms with Crippen molar-refractivity contribution in [3.8, 4) is 5.69 Å². The molecule has 7 heteroatoms. The fourth-order valence-electron chi connectivity index (χ4n) is 3.97. The largest absolute Gasteiger partial charge is 0.371 e. The predicted octanol–water partition coefficient (Wildman–Crippen LogP) is 4.01. The molecule has 0 bridgehead atoms. The molecular weight excluding hydrogens is 402 g/mol. The molecule has 0 aliphatic carbocycles. The maximum atomic E-state index is 13.0. The summed E-state index contributed by atoms with van der Waals surface area (Å²) < 4.78 is 1.73. The van der Waals surface area contributed by atoms with Crippen molar-refractivity contribution >= 4 is 23.2 Å². The Hall–Kier alpha value is -3.61. The van der Waals surface area contributed by atoms with Crippen LogP contribution in [0.25, 0.3) is 5.69 Å². The maximum Gasteiger partial charge on any atom is 0.251 e. The van der Waals surface area contributed by atoms with Crippen LogP contribution < -0.4 is 15.5 Å². The van der Waals surface area contributed by atoms with Crippen molar-refractivity contribution in [2.45, 2.75) is 38.6 Å². The van der Waals surface area contributed by atoms with E-state index in [2.05, 4.69) is 26.7 Å². The Morgan fingerprint density at radius 1 is 1.03 bits per heavy atom. The van der Waals surface area contributed by atoms with E-state index in [0.29, 0.717) is 12.0 Å². The van der Waals surface area contributed by atoms with Gasteiger partial charge in [-0.05, 0) is 67.8 Å². The van der Waals surface area contributed by atoms with Crippen molar-refractivity contribution in [1.29, 1.82) is 0 Å². The highest BCUT2D eigenvalue weighted by molar-refractivity contribution is 6.01. The molecule has 1 aliphatic heterocycles. The molecule has 4 rings (SSSR count). The summed E-state index contributed by atoms with van der Waals surface area (Å²) in [4.78, 5) is 28.1. The van der Waals surface area contributed by atoms with Gasteiger partial charge in [-0.2, -0.15) is 5.10 Å². The summed E-state index contributed by atoms with van der Waals surface area (Å²) in [7, 11) is 0. The Kier molecular flexibility index (Phi) is 6.84. The Morgan fingerprint density at radius 2 is 1.81 bits per heavy atom. The molecule has 0 spiro atoms. The van der Waals surface area contributed by atoms with Crippen LogP contribution in [0.15, 0.2) is 67.0 Å². The minimum absolute atomic E-state index is 0.202. The minimum atomic E-state index is -0.603. The average molecular weight is 432 g/mol. The molecule has 2 heterocycles. The van der Waals surface area contributed by atoms with Crippen LogP contribution >= 0.6 is 0 Å². The average Bonchev–Trinajstić information content (AvgIpc) is 3.53. The highest BCUT2D eigenvalue weighted by Gasteiger charge is 2.21. The molecule has 3 aromatic rings. The van der Waals surface area contributed by atoms with Crippen LogP contribution in [0.5, 0.6) is 0 Å². The molecule has 2 N–H and O–H groups in total. The normalized spacial score (nSPS) is 14.2. The number of benzene rings is 2. The number of nitrogens with one attached hydrogen (secondary N) is 2. The van der Waals surface area contributed by atoms with Gasteiger partial charge in [0, 0.05) is 42.4 Å². The minimum Gasteiger partial charge on any atom is -0.371 e. The van der Waals surface area contributed by atoms with Crippen LogP contribution in [-0.4, -0.2) is 40.7 Å². The summed E-state index contributed by atoms with van der Waals surface area (Å²) >= 11 is 0. The van der Waals surface area contributed by atoms with E-state index in [9.17, 15) is 9.59 Å². The quantitative estimate of drug-likeness (QED) is 0.565. The molecule has 1 saturated heterocycles. The lowest BCUT2D eigenvalue weighted by Crippen LogP contribution is -2.43. The summed E-state index contributed by atoms with van der Waals surface area (Å²) in [6.07, 6.45) is 7.29. The second-order valence-electron chi connectivity index (χ2n) is 8.05. The van der Waals surface area contributed by atoms with E-state index in [1.165, 1.54) is 12.8 Å². The smallest absolute Gasteiger partial charge is 0.251 e. The number of hydrogen-bond donors (Lipinski definition) is 2. The van der Waals surface area contributed by atoms with Gasteiger partial charge in [0.15, 0.2) is 0 Å². The standard InChI is InChI=1S/C25H29N5O2/c1-2-7-23(25(32)27-20-8-5-9-22(18-20)29-15-3-4-16-29)28-24(31)19-10-12-21(13-11-19)30-17-6-14-26-30/h5-6,8-14,17-18,23H,2-4,7,15-16H2,1H3,(H,27,32)(H,28,31). The zero-order chi connectivity index (χ0) is 22.3. The fourth-order valence-corrected chi connectivity index (χ4v) is 3.97. The summed E-state index contributed by atoms with van der Waals surface area (Å²) in [5, 5.41) is 10.1. The zero-order valence-corrected chi connectivity index (χ0v) is 18.3. The van der Waals surface area contributed by atoms with Gasteiger partial charge in [-0.25, -0.2) is 4.68 Å². The first-order valence-electron chi connectivity index (χ1n) is 11.2. The van der Waals surface area contributed by atoms with Gasteiger partial charge in [0.05, 0.1) is 5.69 Å². The van der Waals surface area contributed by atoms with Crippen LogP contribution in [0.3, 0.4) is 0 Å². The van der Waals surface area contributed by atoms with Gasteiger partial charge in [-0.1, -0.05) is 19.4 Å². The van der Waals surface area contributed by atoms with E-state index in [1.807, 2.05) is 49.5 Å². The summed E-state index contributed by atoms with van der Waals surface area (Å²) in [5.41, 5.74) is 3.24. The number of carbonyl (C=O) groups is 2. The lowest BCUT2D eigenvalue weighted by molar-refractivity contribution is -0.118. The van der Waals surface area contributed by atoms with Crippen molar-refractivity contribution in [3.05, 3.63) is 72.6 Å². The SMILES string of the molecule is CCCC(NC(=O)c1ccc(-n2cccn2)cc1)C(=O)Nc1cccc(N2CCCC2)c1. The maximum absolute atomic E-state index is 13.0. The molecule has 7 nitrogen and oxygen atoms in total. The van der Waals surface area contributed by atoms with E-state index in [-0.39, 0.29) is 11.8 Å². The second-order valence-corrected chi connectivity index (χ2v) is 8.05. The number of nitrogens with zero attached hydrogens (tertiary/aromatic N) is 3. The van der Waals surface area contributed by atoms with Crippen LogP contribution in [-0.2, 0) is 4.79 Å². The molecule has 0 saturated carbocycles. The van der Waals surface area contributed by atoms with Gasteiger partial charge < -0.3 is 15.5 Å². The van der Waals surface area contributed by atoms with Crippen LogP contribution in [0, 0.1) is 0 Å². The first-order valence-corrected chi connectivity index (χ1v) is 11.2. The van der Waals surface area contributed by atoms with Crippen molar-refractivity contribution in [2.24, 2.45) is 0 Å². The van der Waals surface area contributed by atoms with E-state index in [1.54, 1.807) is 23.0 Å². The molecule has 2 aromatic carbocycles. The van der Waals surface area contributed by atoms with Crippen molar-refractivity contribution in [3.63, 3.8) is 0 Å². The molecule has 32 heavy (non-hydrogen) atoms. The van der Waals surface area contributed by atoms with Crippen LogP contribution in [0.1, 0.15) is 43.0 Å². The van der Waals surface area contributed by atoms with Gasteiger partial charge in [0.25, 0.3) is 5.91 Å². The highest BCUT2D eigenvalue weighted by Crippen LogP contribution is 2.23. The van der Waals surface area contributed by atoms with Crippen molar-refractivity contribution in [2.75, 3.05) is 23.3 Å². The Bertz CT molecular complexity index is 1040. The van der Waals surface area contributed by atoms with Crippen molar-refractivity contribution < 1.29 is 9.59 Å². The highest BCUT2D eigenvalue weighted by atomic mass is 16.2. The monoisotopic (exact) mass is 431 g/mol. The molecule has 1 aliphatic rings. The summed E-state index contributed by atoms with van der Waals surface area (Å²) in [6.45, 7) is 4.09. The van der Waals surface area contributed by atoms with Gasteiger partial charge in [0.1, 0.15) is 6.04 Å². The van der Waals surface area contributed by atoms with Gasteiger partial charge >= 0.3 is 0 Å². The third-order valence-electron chi connectivity index (χ3n) is 5.68. The van der Waals surface area contributed by atoms with Crippen LogP contribution in [0.4, 0.5) is 11.4 Å². The third-order valence-corrected chi connectivity index (χ3v) is 5.68. The fraction of sp³-hybridized carbons (Fsp3) is 0.320. The predicted molar refractivity (Wildman–Crippen MR) is 126 cm³/mol. The summed E-state index contributed by atoms with van der Waals surface area (Å²) in [6, 6.07) is 16.3. The Labute approximate surface area is 188 Å². The molecule has 1 atom stereocenters. The molecule has 0 radical (unpaired) electrons. The molecule has 1 aromatic heterocycles. The third kappa shape index (κ3) is 5.17. The van der Waals surface area contributed by atoms with E-state index in [0.717, 1.165) is 36.6 Å². The number of anilines is 2. The van der Waals surface area contributed by atoms with Crippen LogP contribution in [0.2, 0.25) is 0 Å². The first kappa shape index (κ1) is 21.6. The molecule has 2 amide bonds. The lowest BCUT2D eigenvalue weighted by atomic mass is 10.1. The van der Waals surface area contributed by atoms with Gasteiger partial charge in [-0.3, -0.25) is 9.59 Å². The Balaban J connectivity index is 1.41. The van der Waals surface area contributed by atoms with E-state index >= 15 is 0 Å². The number of aromatic nitrogens is 2.